The van der Waals surface area contributed by atoms with Crippen molar-refractivity contribution in [3.05, 3.63) is 28.0 Å². The lowest BCUT2D eigenvalue weighted by molar-refractivity contribution is -0.402. The molecule has 1 aromatic rings. The van der Waals surface area contributed by atoms with Gasteiger partial charge in [0.15, 0.2) is 5.76 Å². The molecule has 0 radical (unpaired) electrons. The number of hydrogen-bond donors (Lipinski definition) is 1. The maximum absolute atomic E-state index is 10.5. The van der Waals surface area contributed by atoms with Crippen LogP contribution in [-0.2, 0) is 0 Å². The second-order valence-electron chi connectivity index (χ2n) is 2.54. The van der Waals surface area contributed by atoms with Crippen molar-refractivity contribution in [3.8, 4) is 0 Å². The van der Waals surface area contributed by atoms with Crippen molar-refractivity contribution < 1.29 is 14.1 Å². The SMILES string of the molecule is CN(/N=C/c1ccc([N+](=O)[O-])o1)C(N)=O. The molecule has 0 bridgehead atoms. The monoisotopic (exact) mass is 212 g/mol. The Morgan fingerprint density at radius 2 is 2.40 bits per heavy atom. The van der Waals surface area contributed by atoms with E-state index in [0.29, 0.717) is 0 Å². The van der Waals surface area contributed by atoms with Crippen LogP contribution in [0.15, 0.2) is 21.7 Å². The first-order valence-electron chi connectivity index (χ1n) is 3.82. The van der Waals surface area contributed by atoms with E-state index < -0.39 is 16.8 Å². The van der Waals surface area contributed by atoms with Crippen LogP contribution in [0.1, 0.15) is 5.76 Å². The summed E-state index contributed by atoms with van der Waals surface area (Å²) in [5.74, 6) is -0.229. The molecule has 1 aromatic heterocycles. The van der Waals surface area contributed by atoms with E-state index in [2.05, 4.69) is 5.10 Å². The molecule has 1 rings (SSSR count). The average molecular weight is 212 g/mol. The third kappa shape index (κ3) is 2.79. The Bertz CT molecular complexity index is 411. The standard InChI is InChI=1S/C7H8N4O4/c1-10(7(8)12)9-4-5-2-3-6(15-5)11(13)14/h2-4H,1H3,(H2,8,12)/b9-4+. The fourth-order valence-corrected chi connectivity index (χ4v) is 0.710. The Balaban J connectivity index is 2.73. The number of carbonyl (C=O) groups is 1. The number of rotatable bonds is 3. The molecule has 80 valence electrons. The zero-order chi connectivity index (χ0) is 11.4. The summed E-state index contributed by atoms with van der Waals surface area (Å²) >= 11 is 0. The normalized spacial score (nSPS) is 10.5. The van der Waals surface area contributed by atoms with Gasteiger partial charge in [-0.15, -0.1) is 0 Å². The van der Waals surface area contributed by atoms with Gasteiger partial charge in [-0.25, -0.2) is 9.80 Å². The van der Waals surface area contributed by atoms with Crippen LogP contribution in [0.5, 0.6) is 0 Å². The van der Waals surface area contributed by atoms with Crippen LogP contribution in [0.2, 0.25) is 0 Å². The van der Waals surface area contributed by atoms with Gasteiger partial charge in [-0.05, 0) is 6.07 Å². The van der Waals surface area contributed by atoms with Crippen molar-refractivity contribution in [3.63, 3.8) is 0 Å². The highest BCUT2D eigenvalue weighted by Crippen LogP contribution is 2.13. The number of hydrogen-bond acceptors (Lipinski definition) is 5. The summed E-state index contributed by atoms with van der Waals surface area (Å²) in [6.07, 6.45) is 1.15. The van der Waals surface area contributed by atoms with E-state index in [1.165, 1.54) is 19.2 Å². The maximum Gasteiger partial charge on any atom is 0.433 e. The molecule has 0 saturated carbocycles. The molecule has 0 saturated heterocycles. The highest BCUT2D eigenvalue weighted by Gasteiger charge is 2.10. The van der Waals surface area contributed by atoms with Crippen molar-refractivity contribution in [2.45, 2.75) is 0 Å². The average Bonchev–Trinajstić information content (AvgIpc) is 2.62. The second kappa shape index (κ2) is 4.22. The molecule has 15 heavy (non-hydrogen) atoms. The van der Waals surface area contributed by atoms with Gasteiger partial charge in [0.05, 0.1) is 12.3 Å². The molecule has 8 heteroatoms. The van der Waals surface area contributed by atoms with E-state index in [9.17, 15) is 14.9 Å². The minimum absolute atomic E-state index is 0.162. The Hall–Kier alpha value is -2.38. The largest absolute Gasteiger partial charge is 0.433 e. The van der Waals surface area contributed by atoms with Gasteiger partial charge in [0.2, 0.25) is 0 Å². The highest BCUT2D eigenvalue weighted by atomic mass is 16.6. The van der Waals surface area contributed by atoms with E-state index in [1.54, 1.807) is 0 Å². The molecule has 0 fully saturated rings. The summed E-state index contributed by atoms with van der Waals surface area (Å²) in [6.45, 7) is 0. The molecule has 0 aliphatic heterocycles. The molecule has 1 heterocycles. The molecule has 2 N–H and O–H groups in total. The predicted octanol–water partition coefficient (Wildman–Crippen LogP) is 0.532. The van der Waals surface area contributed by atoms with Gasteiger partial charge in [-0.2, -0.15) is 5.10 Å². The molecule has 0 unspecified atom stereocenters. The number of amides is 2. The number of primary amides is 1. The lowest BCUT2D eigenvalue weighted by Crippen LogP contribution is -2.27. The summed E-state index contributed by atoms with van der Waals surface area (Å²) < 4.78 is 4.75. The topological polar surface area (TPSA) is 115 Å². The minimum atomic E-state index is -0.743. The van der Waals surface area contributed by atoms with E-state index in [1.807, 2.05) is 0 Å². The van der Waals surface area contributed by atoms with E-state index >= 15 is 0 Å². The van der Waals surface area contributed by atoms with Gasteiger partial charge >= 0.3 is 11.9 Å². The number of urea groups is 1. The van der Waals surface area contributed by atoms with Crippen molar-refractivity contribution in [1.82, 2.24) is 5.01 Å². The van der Waals surface area contributed by atoms with E-state index in [0.717, 1.165) is 11.2 Å². The first-order valence-corrected chi connectivity index (χ1v) is 3.82. The molecule has 2 amide bonds. The van der Waals surface area contributed by atoms with Crippen molar-refractivity contribution in [2.75, 3.05) is 7.05 Å². The van der Waals surface area contributed by atoms with Gasteiger partial charge in [-0.3, -0.25) is 10.1 Å². The number of nitrogens with zero attached hydrogens (tertiary/aromatic N) is 3. The summed E-state index contributed by atoms with van der Waals surface area (Å²) in [6, 6.07) is 1.80. The summed E-state index contributed by atoms with van der Waals surface area (Å²) in [4.78, 5) is 20.1. The Morgan fingerprint density at radius 1 is 1.73 bits per heavy atom. The lowest BCUT2D eigenvalue weighted by atomic mass is 10.5. The smallest absolute Gasteiger partial charge is 0.400 e. The molecule has 0 aliphatic carbocycles. The number of nitro groups is 1. The number of hydrazone groups is 1. The van der Waals surface area contributed by atoms with Crippen LogP contribution in [0, 0.1) is 10.1 Å². The van der Waals surface area contributed by atoms with Gasteiger partial charge < -0.3 is 10.2 Å². The summed E-state index contributed by atoms with van der Waals surface area (Å²) in [7, 11) is 1.34. The molecule has 8 nitrogen and oxygen atoms in total. The first-order chi connectivity index (χ1) is 7.00. The van der Waals surface area contributed by atoms with Crippen LogP contribution in [0.4, 0.5) is 10.7 Å². The van der Waals surface area contributed by atoms with Gasteiger partial charge in [-0.1, -0.05) is 0 Å². The molecule has 0 aromatic carbocycles. The summed E-state index contributed by atoms with van der Waals surface area (Å²) in [5, 5.41) is 14.7. The van der Waals surface area contributed by atoms with Crippen LogP contribution in [0.25, 0.3) is 0 Å². The first kappa shape index (κ1) is 10.7. The molecule has 0 spiro atoms. The van der Waals surface area contributed by atoms with Crippen LogP contribution in [0.3, 0.4) is 0 Å². The molecule has 0 aliphatic rings. The Labute approximate surface area is 84.1 Å². The second-order valence-corrected chi connectivity index (χ2v) is 2.54. The van der Waals surface area contributed by atoms with Gasteiger partial charge in [0.1, 0.15) is 4.92 Å². The predicted molar refractivity (Wildman–Crippen MR) is 50.3 cm³/mol. The summed E-state index contributed by atoms with van der Waals surface area (Å²) in [5.41, 5.74) is 4.89. The number of furan rings is 1. The molecular formula is C7H8N4O4. The fourth-order valence-electron chi connectivity index (χ4n) is 0.710. The third-order valence-corrected chi connectivity index (χ3v) is 1.47. The number of carbonyl (C=O) groups excluding carboxylic acids is 1. The number of nitrogens with two attached hydrogens (primary N) is 1. The van der Waals surface area contributed by atoms with Crippen molar-refractivity contribution >= 4 is 18.1 Å². The minimum Gasteiger partial charge on any atom is -0.400 e. The van der Waals surface area contributed by atoms with Crippen LogP contribution in [-0.4, -0.2) is 29.2 Å². The lowest BCUT2D eigenvalue weighted by Gasteiger charge is -2.04. The zero-order valence-corrected chi connectivity index (χ0v) is 7.78. The van der Waals surface area contributed by atoms with Gasteiger partial charge in [0.25, 0.3) is 0 Å². The van der Waals surface area contributed by atoms with Gasteiger partial charge in [0, 0.05) is 7.05 Å². The van der Waals surface area contributed by atoms with Crippen molar-refractivity contribution in [1.29, 1.82) is 0 Å². The van der Waals surface area contributed by atoms with E-state index in [4.69, 9.17) is 10.2 Å². The Kier molecular flexibility index (Phi) is 3.01. The highest BCUT2D eigenvalue weighted by molar-refractivity contribution is 5.78. The Morgan fingerprint density at radius 3 is 2.87 bits per heavy atom. The van der Waals surface area contributed by atoms with Crippen molar-refractivity contribution in [2.24, 2.45) is 10.8 Å². The van der Waals surface area contributed by atoms with Crippen LogP contribution >= 0.6 is 0 Å². The zero-order valence-electron chi connectivity index (χ0n) is 7.78. The molecular weight excluding hydrogens is 204 g/mol. The fraction of sp³-hybridized carbons (Fsp3) is 0.143. The van der Waals surface area contributed by atoms with E-state index in [-0.39, 0.29) is 5.76 Å². The quantitative estimate of drug-likeness (QED) is 0.447. The third-order valence-electron chi connectivity index (χ3n) is 1.47. The molecule has 0 atom stereocenters. The maximum atomic E-state index is 10.5. The van der Waals surface area contributed by atoms with Crippen LogP contribution < -0.4 is 5.73 Å².